The van der Waals surface area contributed by atoms with Crippen molar-refractivity contribution in [3.8, 4) is 11.3 Å². The molecule has 5 rings (SSSR count). The van der Waals surface area contributed by atoms with E-state index in [-0.39, 0.29) is 0 Å². The molecular formula is C24H27N5. The molecule has 0 atom stereocenters. The summed E-state index contributed by atoms with van der Waals surface area (Å²) in [5.41, 5.74) is 6.09. The van der Waals surface area contributed by atoms with Gasteiger partial charge in [-0.15, -0.1) is 0 Å². The lowest BCUT2D eigenvalue weighted by Crippen LogP contribution is -2.32. The summed E-state index contributed by atoms with van der Waals surface area (Å²) in [5.74, 6) is 0.608. The van der Waals surface area contributed by atoms with Gasteiger partial charge in [-0.05, 0) is 56.5 Å². The van der Waals surface area contributed by atoms with Gasteiger partial charge in [0.25, 0.3) is 0 Å². The maximum atomic E-state index is 4.83. The fourth-order valence-electron chi connectivity index (χ4n) is 4.54. The number of hydrogen-bond donors (Lipinski definition) is 1. The Hall–Kier alpha value is -2.92. The van der Waals surface area contributed by atoms with Crippen LogP contribution in [0.5, 0.6) is 0 Å². The molecule has 0 saturated carbocycles. The van der Waals surface area contributed by atoms with Gasteiger partial charge in [0.15, 0.2) is 0 Å². The first-order valence-electron chi connectivity index (χ1n) is 10.6. The maximum Gasteiger partial charge on any atom is 0.137 e. The molecule has 0 amide bonds. The van der Waals surface area contributed by atoms with Gasteiger partial charge in [0.1, 0.15) is 5.65 Å². The third-order valence-corrected chi connectivity index (χ3v) is 6.11. The summed E-state index contributed by atoms with van der Waals surface area (Å²) >= 11 is 0. The third kappa shape index (κ3) is 3.58. The summed E-state index contributed by atoms with van der Waals surface area (Å²) in [6, 6.07) is 14.8. The largest absolute Gasteiger partial charge is 0.346 e. The van der Waals surface area contributed by atoms with E-state index < -0.39 is 0 Å². The van der Waals surface area contributed by atoms with Crippen molar-refractivity contribution in [3.05, 3.63) is 72.2 Å². The number of likely N-dealkylation sites (tertiary alicyclic amines) is 1. The minimum Gasteiger partial charge on any atom is -0.346 e. The van der Waals surface area contributed by atoms with Gasteiger partial charge in [0.05, 0.1) is 5.69 Å². The third-order valence-electron chi connectivity index (χ3n) is 6.11. The minimum absolute atomic E-state index is 0.608. The molecule has 148 valence electrons. The van der Waals surface area contributed by atoms with Crippen LogP contribution in [0.2, 0.25) is 0 Å². The molecular weight excluding hydrogens is 358 g/mol. The lowest BCUT2D eigenvalue weighted by molar-refractivity contribution is 0.205. The molecule has 5 nitrogen and oxygen atoms in total. The molecule has 0 radical (unpaired) electrons. The van der Waals surface area contributed by atoms with Crippen LogP contribution in [0.25, 0.3) is 22.3 Å². The summed E-state index contributed by atoms with van der Waals surface area (Å²) in [6.07, 6.45) is 8.61. The molecule has 1 saturated heterocycles. The van der Waals surface area contributed by atoms with Crippen LogP contribution in [0, 0.1) is 0 Å². The number of H-pyrrole nitrogens is 1. The molecule has 0 unspecified atom stereocenters. The smallest absolute Gasteiger partial charge is 0.137 e. The molecule has 1 aromatic carbocycles. The van der Waals surface area contributed by atoms with E-state index in [4.69, 9.17) is 5.10 Å². The average molecular weight is 386 g/mol. The number of nitrogens with zero attached hydrogens (tertiary/aromatic N) is 4. The average Bonchev–Trinajstić information content (AvgIpc) is 3.39. The first-order chi connectivity index (χ1) is 14.3. The number of nitrogens with one attached hydrogen (secondary N) is 1. The summed E-state index contributed by atoms with van der Waals surface area (Å²) in [4.78, 5) is 10.4. The molecule has 3 aromatic heterocycles. The van der Waals surface area contributed by atoms with E-state index >= 15 is 0 Å². The molecule has 4 heterocycles. The van der Waals surface area contributed by atoms with E-state index in [9.17, 15) is 0 Å². The number of rotatable bonds is 5. The Labute approximate surface area is 171 Å². The van der Waals surface area contributed by atoms with Crippen LogP contribution in [0.15, 0.2) is 61.1 Å². The summed E-state index contributed by atoms with van der Waals surface area (Å²) in [7, 11) is 0. The van der Waals surface area contributed by atoms with Crippen molar-refractivity contribution in [1.29, 1.82) is 0 Å². The first kappa shape index (κ1) is 18.1. The van der Waals surface area contributed by atoms with E-state index in [1.807, 2.05) is 12.3 Å². The second kappa shape index (κ2) is 7.84. The Balaban J connectivity index is 1.30. The highest BCUT2D eigenvalue weighted by atomic mass is 15.3. The topological polar surface area (TPSA) is 49.7 Å². The summed E-state index contributed by atoms with van der Waals surface area (Å²) < 4.78 is 2.06. The van der Waals surface area contributed by atoms with E-state index in [2.05, 4.69) is 75.3 Å². The molecule has 1 aliphatic heterocycles. The summed E-state index contributed by atoms with van der Waals surface area (Å²) in [5, 5.41) is 6.11. The molecule has 0 aliphatic carbocycles. The zero-order valence-electron chi connectivity index (χ0n) is 16.9. The number of benzene rings is 1. The van der Waals surface area contributed by atoms with Gasteiger partial charge in [-0.1, -0.05) is 30.3 Å². The molecule has 1 fully saturated rings. The van der Waals surface area contributed by atoms with E-state index in [0.717, 1.165) is 37.5 Å². The van der Waals surface area contributed by atoms with Gasteiger partial charge in [-0.2, -0.15) is 5.10 Å². The SMILES string of the molecule is CCn1cc(CN2CCC(c3c[nH]c4ncccc34)CC2)c(-c2ccccc2)n1. The van der Waals surface area contributed by atoms with Crippen molar-refractivity contribution in [2.75, 3.05) is 13.1 Å². The Morgan fingerprint density at radius 1 is 1.07 bits per heavy atom. The van der Waals surface area contributed by atoms with Crippen LogP contribution in [0.4, 0.5) is 0 Å². The lowest BCUT2D eigenvalue weighted by atomic mass is 9.89. The van der Waals surface area contributed by atoms with E-state index in [1.54, 1.807) is 0 Å². The van der Waals surface area contributed by atoms with Gasteiger partial charge < -0.3 is 4.98 Å². The predicted molar refractivity (Wildman–Crippen MR) is 117 cm³/mol. The Morgan fingerprint density at radius 3 is 2.69 bits per heavy atom. The van der Waals surface area contributed by atoms with E-state index in [1.165, 1.54) is 34.9 Å². The number of fused-ring (bicyclic) bond motifs is 1. The van der Waals surface area contributed by atoms with Gasteiger partial charge >= 0.3 is 0 Å². The maximum absolute atomic E-state index is 4.83. The predicted octanol–water partition coefficient (Wildman–Crippen LogP) is 4.83. The van der Waals surface area contributed by atoms with Crippen molar-refractivity contribution in [2.24, 2.45) is 0 Å². The van der Waals surface area contributed by atoms with Crippen LogP contribution < -0.4 is 0 Å². The Kier molecular flexibility index (Phi) is 4.90. The highest BCUT2D eigenvalue weighted by molar-refractivity contribution is 5.80. The second-order valence-corrected chi connectivity index (χ2v) is 7.92. The number of pyridine rings is 1. The minimum atomic E-state index is 0.608. The number of hydrogen-bond acceptors (Lipinski definition) is 3. The second-order valence-electron chi connectivity index (χ2n) is 7.92. The van der Waals surface area contributed by atoms with Crippen LogP contribution in [0.3, 0.4) is 0 Å². The van der Waals surface area contributed by atoms with Gasteiger partial charge in [-0.3, -0.25) is 9.58 Å². The number of aromatic nitrogens is 4. The van der Waals surface area contributed by atoms with Crippen LogP contribution >= 0.6 is 0 Å². The van der Waals surface area contributed by atoms with Crippen molar-refractivity contribution in [1.82, 2.24) is 24.6 Å². The van der Waals surface area contributed by atoms with Gasteiger partial charge in [-0.25, -0.2) is 4.98 Å². The monoisotopic (exact) mass is 385 g/mol. The zero-order chi connectivity index (χ0) is 19.6. The Morgan fingerprint density at radius 2 is 1.90 bits per heavy atom. The lowest BCUT2D eigenvalue weighted by Gasteiger charge is -2.31. The molecule has 1 N–H and O–H groups in total. The normalized spacial score (nSPS) is 15.9. The van der Waals surface area contributed by atoms with Gasteiger partial charge in [0.2, 0.25) is 0 Å². The molecule has 1 aliphatic rings. The highest BCUT2D eigenvalue weighted by Gasteiger charge is 2.24. The van der Waals surface area contributed by atoms with Gasteiger partial charge in [0, 0.05) is 48.2 Å². The van der Waals surface area contributed by atoms with Crippen LogP contribution in [0.1, 0.15) is 36.8 Å². The summed E-state index contributed by atoms with van der Waals surface area (Å²) in [6.45, 7) is 6.24. The van der Waals surface area contributed by atoms with Crippen molar-refractivity contribution in [3.63, 3.8) is 0 Å². The highest BCUT2D eigenvalue weighted by Crippen LogP contribution is 2.33. The molecule has 5 heteroatoms. The standard InChI is InChI=1S/C24H27N5/c1-2-29-17-20(23(27-29)19-7-4-3-5-8-19)16-28-13-10-18(11-14-28)22-15-26-24-21(22)9-6-12-25-24/h3-9,12,15,17-18H,2,10-11,13-14,16H2,1H3,(H,25,26). The Bertz CT molecular complexity index is 1090. The van der Waals surface area contributed by atoms with Crippen LogP contribution in [-0.4, -0.2) is 37.7 Å². The fraction of sp³-hybridized carbons (Fsp3) is 0.333. The molecule has 29 heavy (non-hydrogen) atoms. The molecule has 0 spiro atoms. The van der Waals surface area contributed by atoms with Crippen LogP contribution in [-0.2, 0) is 13.1 Å². The number of aryl methyl sites for hydroxylation is 1. The number of aromatic amines is 1. The fourth-order valence-corrected chi connectivity index (χ4v) is 4.54. The number of piperidine rings is 1. The molecule has 4 aromatic rings. The zero-order valence-corrected chi connectivity index (χ0v) is 16.9. The van der Waals surface area contributed by atoms with Crippen molar-refractivity contribution < 1.29 is 0 Å². The van der Waals surface area contributed by atoms with Crippen molar-refractivity contribution >= 4 is 11.0 Å². The molecule has 0 bridgehead atoms. The van der Waals surface area contributed by atoms with E-state index in [0.29, 0.717) is 5.92 Å². The first-order valence-corrected chi connectivity index (χ1v) is 10.6. The quantitative estimate of drug-likeness (QED) is 0.535. The van der Waals surface area contributed by atoms with Crippen molar-refractivity contribution in [2.45, 2.75) is 38.8 Å².